The van der Waals surface area contributed by atoms with Crippen LogP contribution in [0.5, 0.6) is 0 Å². The fourth-order valence-electron chi connectivity index (χ4n) is 0.941. The number of sulfonamides is 1. The second-order valence-corrected chi connectivity index (χ2v) is 7.69. The van der Waals surface area contributed by atoms with Gasteiger partial charge in [0.15, 0.2) is 20.1 Å². The minimum absolute atomic E-state index is 0.0421. The molecule has 0 aliphatic carbocycles. The van der Waals surface area contributed by atoms with Crippen LogP contribution in [0.1, 0.15) is 0 Å². The van der Waals surface area contributed by atoms with Gasteiger partial charge in [-0.05, 0) is 12.1 Å². The van der Waals surface area contributed by atoms with Gasteiger partial charge in [-0.1, -0.05) is 11.6 Å². The minimum Gasteiger partial charge on any atom is -0.280 e. The molecule has 0 fully saturated rings. The van der Waals surface area contributed by atoms with E-state index in [4.69, 9.17) is 11.6 Å². The number of sulfone groups is 1. The normalized spacial score (nSPS) is 12.4. The zero-order chi connectivity index (χ0) is 12.4. The zero-order valence-corrected chi connectivity index (χ0v) is 10.6. The lowest BCUT2D eigenvalue weighted by Gasteiger charge is -2.07. The number of anilines is 1. The molecule has 0 atom stereocenters. The van der Waals surface area contributed by atoms with Crippen LogP contribution >= 0.6 is 11.6 Å². The maximum atomic E-state index is 11.4. The number of halogens is 1. The molecule has 1 heterocycles. The van der Waals surface area contributed by atoms with E-state index in [9.17, 15) is 16.8 Å². The van der Waals surface area contributed by atoms with Crippen molar-refractivity contribution < 1.29 is 16.8 Å². The summed E-state index contributed by atoms with van der Waals surface area (Å²) < 4.78 is 46.5. The highest BCUT2D eigenvalue weighted by Gasteiger charge is 2.19. The Hall–Kier alpha value is -0.860. The van der Waals surface area contributed by atoms with E-state index in [-0.39, 0.29) is 10.8 Å². The van der Waals surface area contributed by atoms with E-state index in [2.05, 4.69) is 4.98 Å². The summed E-state index contributed by atoms with van der Waals surface area (Å²) in [5.74, 6) is 0. The van der Waals surface area contributed by atoms with Crippen LogP contribution in [0.2, 0.25) is 5.15 Å². The molecular weight excluding hydrogens is 276 g/mol. The van der Waals surface area contributed by atoms with E-state index in [1.54, 1.807) is 0 Å². The van der Waals surface area contributed by atoms with Crippen molar-refractivity contribution >= 4 is 37.1 Å². The topological polar surface area (TPSA) is 93.2 Å². The van der Waals surface area contributed by atoms with Gasteiger partial charge < -0.3 is 0 Å². The van der Waals surface area contributed by atoms with E-state index in [1.807, 2.05) is 4.72 Å². The molecule has 1 N–H and O–H groups in total. The predicted molar refractivity (Wildman–Crippen MR) is 61.5 cm³/mol. The molecule has 0 saturated carbocycles. The van der Waals surface area contributed by atoms with E-state index in [0.29, 0.717) is 0 Å². The van der Waals surface area contributed by atoms with Gasteiger partial charge in [-0.3, -0.25) is 4.72 Å². The summed E-state index contributed by atoms with van der Waals surface area (Å²) in [5, 5.41) is -1.04. The Kier molecular flexibility index (Phi) is 3.76. The fraction of sp³-hybridized carbons (Fsp3) is 0.286. The average Bonchev–Trinajstić information content (AvgIpc) is 2.04. The van der Waals surface area contributed by atoms with Crippen molar-refractivity contribution in [2.45, 2.75) is 0 Å². The van der Waals surface area contributed by atoms with Gasteiger partial charge in [0, 0.05) is 12.5 Å². The maximum Gasteiger partial charge on any atom is 0.247 e. The maximum absolute atomic E-state index is 11.4. The molecule has 0 radical (unpaired) electrons. The molecular formula is C7H9ClN2O4S2. The third kappa shape index (κ3) is 4.33. The summed E-state index contributed by atoms with van der Waals surface area (Å²) in [7, 11) is -7.61. The van der Waals surface area contributed by atoms with Gasteiger partial charge in [0.1, 0.15) is 0 Å². The number of aromatic nitrogens is 1. The molecule has 1 rings (SSSR count). The number of pyridine rings is 1. The van der Waals surface area contributed by atoms with Crippen LogP contribution in [0, 0.1) is 0 Å². The van der Waals surface area contributed by atoms with Crippen molar-refractivity contribution in [2.24, 2.45) is 0 Å². The number of nitrogens with zero attached hydrogens (tertiary/aromatic N) is 1. The minimum atomic E-state index is -3.98. The molecule has 1 aromatic rings. The van der Waals surface area contributed by atoms with Crippen LogP contribution in [0.15, 0.2) is 18.3 Å². The lowest BCUT2D eigenvalue weighted by Crippen LogP contribution is -2.22. The summed E-state index contributed by atoms with van der Waals surface area (Å²) in [5.41, 5.74) is 0.0489. The molecule has 0 aromatic carbocycles. The van der Waals surface area contributed by atoms with Crippen molar-refractivity contribution in [3.8, 4) is 0 Å². The first kappa shape index (κ1) is 13.2. The molecule has 16 heavy (non-hydrogen) atoms. The second-order valence-electron chi connectivity index (χ2n) is 3.10. The van der Waals surface area contributed by atoms with Crippen molar-refractivity contribution in [1.29, 1.82) is 0 Å². The molecule has 90 valence electrons. The molecule has 0 saturated heterocycles. The summed E-state index contributed by atoms with van der Waals surface area (Å²) in [6.07, 6.45) is 2.22. The first-order valence-electron chi connectivity index (χ1n) is 3.98. The van der Waals surface area contributed by atoms with E-state index >= 15 is 0 Å². The Balaban J connectivity index is 2.95. The highest BCUT2D eigenvalue weighted by atomic mass is 35.5. The first-order valence-corrected chi connectivity index (χ1v) is 8.07. The van der Waals surface area contributed by atoms with Crippen LogP contribution in [-0.2, 0) is 19.9 Å². The van der Waals surface area contributed by atoms with E-state index < -0.39 is 24.9 Å². The van der Waals surface area contributed by atoms with Gasteiger partial charge in [0.05, 0.1) is 5.69 Å². The average molecular weight is 285 g/mol. The Labute approximate surface area is 98.6 Å². The van der Waals surface area contributed by atoms with Crippen LogP contribution in [0.4, 0.5) is 5.69 Å². The Morgan fingerprint density at radius 3 is 2.50 bits per heavy atom. The number of rotatable bonds is 4. The summed E-state index contributed by atoms with van der Waals surface area (Å²) >= 11 is 5.61. The predicted octanol–water partition coefficient (Wildman–Crippen LogP) is 0.479. The highest BCUT2D eigenvalue weighted by molar-refractivity contribution is 8.08. The molecule has 0 bridgehead atoms. The van der Waals surface area contributed by atoms with Crippen LogP contribution in [0.25, 0.3) is 0 Å². The van der Waals surface area contributed by atoms with Gasteiger partial charge >= 0.3 is 0 Å². The van der Waals surface area contributed by atoms with Gasteiger partial charge in [0.2, 0.25) is 10.0 Å². The Morgan fingerprint density at radius 2 is 2.00 bits per heavy atom. The summed E-state index contributed by atoms with van der Waals surface area (Å²) in [6, 6.07) is 2.86. The number of nitrogens with one attached hydrogen (secondary N) is 1. The molecule has 0 spiro atoms. The SMILES string of the molecule is CS(=O)(=O)CS(=O)(=O)Nc1cccnc1Cl. The smallest absolute Gasteiger partial charge is 0.247 e. The lowest BCUT2D eigenvalue weighted by atomic mass is 10.4. The standard InChI is InChI=1S/C7H9ClN2O4S2/c1-15(11,12)5-16(13,14)10-6-3-2-4-9-7(6)8/h2-4,10H,5H2,1H3. The van der Waals surface area contributed by atoms with Crippen LogP contribution in [-0.4, -0.2) is 33.2 Å². The summed E-state index contributed by atoms with van der Waals surface area (Å²) in [4.78, 5) is 3.65. The van der Waals surface area contributed by atoms with Crippen molar-refractivity contribution in [3.05, 3.63) is 23.5 Å². The summed E-state index contributed by atoms with van der Waals surface area (Å²) in [6.45, 7) is 0. The van der Waals surface area contributed by atoms with Gasteiger partial charge in [0.25, 0.3) is 0 Å². The quantitative estimate of drug-likeness (QED) is 0.812. The highest BCUT2D eigenvalue weighted by Crippen LogP contribution is 2.19. The Morgan fingerprint density at radius 1 is 1.38 bits per heavy atom. The third-order valence-corrected chi connectivity index (χ3v) is 5.18. The molecule has 9 heteroatoms. The van der Waals surface area contributed by atoms with Crippen LogP contribution in [0.3, 0.4) is 0 Å². The van der Waals surface area contributed by atoms with Gasteiger partial charge in [-0.15, -0.1) is 0 Å². The van der Waals surface area contributed by atoms with Gasteiger partial charge in [-0.25, -0.2) is 21.8 Å². The number of hydrogen-bond acceptors (Lipinski definition) is 5. The second kappa shape index (κ2) is 4.56. The molecule has 0 unspecified atom stereocenters. The molecule has 0 amide bonds. The van der Waals surface area contributed by atoms with Crippen molar-refractivity contribution in [1.82, 2.24) is 4.98 Å². The van der Waals surface area contributed by atoms with Gasteiger partial charge in [-0.2, -0.15) is 0 Å². The zero-order valence-electron chi connectivity index (χ0n) is 8.21. The first-order chi connectivity index (χ1) is 7.20. The molecule has 1 aromatic heterocycles. The van der Waals surface area contributed by atoms with Crippen molar-refractivity contribution in [3.63, 3.8) is 0 Å². The van der Waals surface area contributed by atoms with Crippen LogP contribution < -0.4 is 4.72 Å². The van der Waals surface area contributed by atoms with Crippen molar-refractivity contribution in [2.75, 3.05) is 16.1 Å². The lowest BCUT2D eigenvalue weighted by molar-refractivity contribution is 0.595. The number of hydrogen-bond donors (Lipinski definition) is 1. The third-order valence-electron chi connectivity index (χ3n) is 1.39. The molecule has 0 aliphatic heterocycles. The molecule has 6 nitrogen and oxygen atoms in total. The monoisotopic (exact) mass is 284 g/mol. The fourth-order valence-corrected chi connectivity index (χ4v) is 4.15. The van der Waals surface area contributed by atoms with E-state index in [1.165, 1.54) is 18.3 Å². The Bertz CT molecular complexity index is 582. The van der Waals surface area contributed by atoms with E-state index in [0.717, 1.165) is 6.26 Å². The molecule has 0 aliphatic rings. The largest absolute Gasteiger partial charge is 0.280 e.